The summed E-state index contributed by atoms with van der Waals surface area (Å²) in [6.07, 6.45) is 6.88. The Bertz CT molecular complexity index is 430. The highest BCUT2D eigenvalue weighted by Crippen LogP contribution is 2.12. The highest BCUT2D eigenvalue weighted by molar-refractivity contribution is 7.98. The van der Waals surface area contributed by atoms with E-state index < -0.39 is 0 Å². The van der Waals surface area contributed by atoms with Crippen LogP contribution in [0.4, 0.5) is 0 Å². The van der Waals surface area contributed by atoms with Gasteiger partial charge >= 0.3 is 0 Å². The van der Waals surface area contributed by atoms with Crippen molar-refractivity contribution in [3.05, 3.63) is 24.0 Å². The number of hydrogen-bond acceptors (Lipinski definition) is 5. The third-order valence-electron chi connectivity index (χ3n) is 1.49. The minimum Gasteiger partial charge on any atom is -0.274 e. The van der Waals surface area contributed by atoms with E-state index in [1.165, 1.54) is 11.8 Å². The van der Waals surface area contributed by atoms with Crippen LogP contribution in [0.2, 0.25) is 5.28 Å². The number of nitrogens with zero attached hydrogens (tertiary/aromatic N) is 5. The van der Waals surface area contributed by atoms with Crippen LogP contribution in [0.5, 0.6) is 0 Å². The van der Waals surface area contributed by atoms with Crippen molar-refractivity contribution in [1.29, 1.82) is 0 Å². The van der Waals surface area contributed by atoms with Crippen molar-refractivity contribution in [1.82, 2.24) is 24.5 Å². The van der Waals surface area contributed by atoms with Crippen LogP contribution in [0.15, 0.2) is 23.9 Å². The molecule has 0 atom stereocenters. The number of imidazole rings is 1. The Kier molecular flexibility index (Phi) is 2.64. The zero-order valence-corrected chi connectivity index (χ0v) is 8.83. The van der Waals surface area contributed by atoms with Gasteiger partial charge in [-0.3, -0.25) is 4.57 Å². The largest absolute Gasteiger partial charge is 0.274 e. The summed E-state index contributed by atoms with van der Waals surface area (Å²) in [6.45, 7) is 0. The summed E-state index contributed by atoms with van der Waals surface area (Å²) in [4.78, 5) is 16.0. The smallest absolute Gasteiger partial charge is 0.240 e. The predicted octanol–water partition coefficient (Wildman–Crippen LogP) is 1.43. The van der Waals surface area contributed by atoms with Gasteiger partial charge in [0.2, 0.25) is 11.2 Å². The number of halogens is 1. The van der Waals surface area contributed by atoms with Crippen molar-refractivity contribution < 1.29 is 0 Å². The van der Waals surface area contributed by atoms with E-state index in [1.54, 1.807) is 23.3 Å². The molecule has 0 saturated carbocycles. The summed E-state index contributed by atoms with van der Waals surface area (Å²) in [5.41, 5.74) is 0. The lowest BCUT2D eigenvalue weighted by atomic mass is 10.8. The van der Waals surface area contributed by atoms with Gasteiger partial charge in [0.1, 0.15) is 6.33 Å². The van der Waals surface area contributed by atoms with Crippen LogP contribution >= 0.6 is 23.4 Å². The first-order valence-corrected chi connectivity index (χ1v) is 5.34. The molecule has 5 nitrogen and oxygen atoms in total. The van der Waals surface area contributed by atoms with Gasteiger partial charge in [-0.05, 0) is 17.9 Å². The molecule has 0 amide bonds. The summed E-state index contributed by atoms with van der Waals surface area (Å²) in [5.74, 6) is 0.479. The monoisotopic (exact) mass is 227 g/mol. The Morgan fingerprint density at radius 2 is 2.21 bits per heavy atom. The first-order valence-electron chi connectivity index (χ1n) is 3.73. The molecule has 0 fully saturated rings. The minimum absolute atomic E-state index is 0.188. The van der Waals surface area contributed by atoms with Crippen molar-refractivity contribution >= 4 is 23.4 Å². The molecule has 0 saturated heterocycles. The van der Waals surface area contributed by atoms with Crippen LogP contribution in [-0.4, -0.2) is 30.8 Å². The second kappa shape index (κ2) is 3.93. The first-order chi connectivity index (χ1) is 6.79. The van der Waals surface area contributed by atoms with Crippen LogP contribution in [0.1, 0.15) is 0 Å². The fourth-order valence-electron chi connectivity index (χ4n) is 0.906. The average Bonchev–Trinajstić information content (AvgIpc) is 2.69. The second-order valence-corrected chi connectivity index (χ2v) is 3.47. The first kappa shape index (κ1) is 9.42. The van der Waals surface area contributed by atoms with Gasteiger partial charge in [-0.1, -0.05) is 11.8 Å². The Balaban J connectivity index is 2.48. The van der Waals surface area contributed by atoms with Crippen LogP contribution in [0, 0.1) is 0 Å². The third-order valence-corrected chi connectivity index (χ3v) is 2.21. The minimum atomic E-state index is 0.188. The maximum atomic E-state index is 5.74. The van der Waals surface area contributed by atoms with Crippen molar-refractivity contribution in [3.63, 3.8) is 0 Å². The summed E-state index contributed by atoms with van der Waals surface area (Å²) in [6, 6.07) is 0. The molecule has 7 heteroatoms. The Labute approximate surface area is 89.6 Å². The SMILES string of the molecule is CSc1nc(Cl)nc(-n2ccnc2)n1. The van der Waals surface area contributed by atoms with Gasteiger partial charge in [0.25, 0.3) is 0 Å². The lowest BCUT2D eigenvalue weighted by Gasteiger charge is -2.01. The lowest BCUT2D eigenvalue weighted by molar-refractivity contribution is 0.824. The van der Waals surface area contributed by atoms with E-state index in [0.717, 1.165) is 0 Å². The normalized spacial score (nSPS) is 10.4. The van der Waals surface area contributed by atoms with E-state index in [4.69, 9.17) is 11.6 Å². The highest BCUT2D eigenvalue weighted by Gasteiger charge is 2.04. The molecule has 2 rings (SSSR count). The number of rotatable bonds is 2. The molecular weight excluding hydrogens is 222 g/mol. The van der Waals surface area contributed by atoms with Crippen molar-refractivity contribution in [2.75, 3.05) is 6.26 Å². The van der Waals surface area contributed by atoms with Crippen LogP contribution in [-0.2, 0) is 0 Å². The highest BCUT2D eigenvalue weighted by atomic mass is 35.5. The summed E-state index contributed by atoms with van der Waals surface area (Å²) >= 11 is 7.15. The fraction of sp³-hybridized carbons (Fsp3) is 0.143. The van der Waals surface area contributed by atoms with E-state index in [9.17, 15) is 0 Å². The summed E-state index contributed by atoms with van der Waals surface area (Å²) in [7, 11) is 0. The van der Waals surface area contributed by atoms with Gasteiger partial charge in [0.05, 0.1) is 0 Å². The molecule has 72 valence electrons. The molecule has 2 aromatic heterocycles. The maximum Gasteiger partial charge on any atom is 0.240 e. The molecule has 0 bridgehead atoms. The average molecular weight is 228 g/mol. The topological polar surface area (TPSA) is 56.5 Å². The van der Waals surface area contributed by atoms with Gasteiger partial charge in [-0.2, -0.15) is 15.0 Å². The van der Waals surface area contributed by atoms with Crippen molar-refractivity contribution in [3.8, 4) is 5.95 Å². The molecule has 0 unspecified atom stereocenters. The molecule has 2 heterocycles. The van der Waals surface area contributed by atoms with Crippen LogP contribution in [0.25, 0.3) is 5.95 Å². The van der Waals surface area contributed by atoms with Gasteiger partial charge in [0.15, 0.2) is 5.16 Å². The molecule has 0 radical (unpaired) electrons. The maximum absolute atomic E-state index is 5.74. The molecule has 0 N–H and O–H groups in total. The van der Waals surface area contributed by atoms with Gasteiger partial charge in [-0.25, -0.2) is 4.98 Å². The summed E-state index contributed by atoms with van der Waals surface area (Å²) in [5, 5.41) is 0.779. The molecule has 2 aromatic rings. The molecule has 0 aliphatic carbocycles. The Morgan fingerprint density at radius 1 is 1.36 bits per heavy atom. The van der Waals surface area contributed by atoms with E-state index in [0.29, 0.717) is 11.1 Å². The Hall–Kier alpha value is -1.14. The lowest BCUT2D eigenvalue weighted by Crippen LogP contribution is -2.01. The number of hydrogen-bond donors (Lipinski definition) is 0. The second-order valence-electron chi connectivity index (χ2n) is 2.36. The molecule has 0 spiro atoms. The molecule has 0 aromatic carbocycles. The quantitative estimate of drug-likeness (QED) is 0.727. The van der Waals surface area contributed by atoms with Crippen molar-refractivity contribution in [2.24, 2.45) is 0 Å². The van der Waals surface area contributed by atoms with Gasteiger partial charge in [-0.15, -0.1) is 0 Å². The van der Waals surface area contributed by atoms with E-state index in [-0.39, 0.29) is 5.28 Å². The standard InChI is InChI=1S/C7H6ClN5S/c1-14-7-11-5(8)10-6(12-7)13-3-2-9-4-13/h2-4H,1H3. The molecular formula is C7H6ClN5S. The number of thioether (sulfide) groups is 1. The fourth-order valence-corrected chi connectivity index (χ4v) is 1.46. The van der Waals surface area contributed by atoms with Crippen LogP contribution < -0.4 is 0 Å². The van der Waals surface area contributed by atoms with E-state index in [2.05, 4.69) is 19.9 Å². The summed E-state index contributed by atoms with van der Waals surface area (Å²) < 4.78 is 1.67. The molecule has 0 aliphatic rings. The van der Waals surface area contributed by atoms with Gasteiger partial charge in [0, 0.05) is 12.4 Å². The zero-order valence-electron chi connectivity index (χ0n) is 7.25. The van der Waals surface area contributed by atoms with Crippen molar-refractivity contribution in [2.45, 2.75) is 5.16 Å². The third kappa shape index (κ3) is 1.85. The molecule has 0 aliphatic heterocycles. The zero-order chi connectivity index (χ0) is 9.97. The van der Waals surface area contributed by atoms with E-state index >= 15 is 0 Å². The molecule has 14 heavy (non-hydrogen) atoms. The predicted molar refractivity (Wildman–Crippen MR) is 53.7 cm³/mol. The number of aromatic nitrogens is 5. The van der Waals surface area contributed by atoms with Crippen LogP contribution in [0.3, 0.4) is 0 Å². The van der Waals surface area contributed by atoms with Gasteiger partial charge < -0.3 is 0 Å². The van der Waals surface area contributed by atoms with E-state index in [1.807, 2.05) is 6.26 Å². The Morgan fingerprint density at radius 3 is 2.86 bits per heavy atom.